The number of rotatable bonds is 7. The summed E-state index contributed by atoms with van der Waals surface area (Å²) in [6.45, 7) is 5.54. The number of carbonyl (C=O) groups excluding carboxylic acids is 2. The molecule has 8 nitrogen and oxygen atoms in total. The second-order valence-electron chi connectivity index (χ2n) is 8.55. The van der Waals surface area contributed by atoms with Crippen LogP contribution in [-0.2, 0) is 22.7 Å². The van der Waals surface area contributed by atoms with Crippen LogP contribution in [0.15, 0.2) is 28.8 Å². The number of ether oxygens (including phenoxy) is 1. The minimum atomic E-state index is -0.315. The predicted molar refractivity (Wildman–Crippen MR) is 121 cm³/mol. The molecule has 2 N–H and O–H groups in total. The van der Waals surface area contributed by atoms with Crippen molar-refractivity contribution in [1.29, 1.82) is 0 Å². The normalized spacial score (nSPS) is 19.8. The fourth-order valence-electron chi connectivity index (χ4n) is 4.07. The van der Waals surface area contributed by atoms with Gasteiger partial charge in [-0.25, -0.2) is 0 Å². The lowest BCUT2D eigenvalue weighted by Crippen LogP contribution is -2.42. The molecule has 2 atom stereocenters. The van der Waals surface area contributed by atoms with E-state index in [1.54, 1.807) is 12.0 Å². The van der Waals surface area contributed by atoms with Gasteiger partial charge in [0.15, 0.2) is 0 Å². The van der Waals surface area contributed by atoms with E-state index in [2.05, 4.69) is 15.8 Å². The van der Waals surface area contributed by atoms with E-state index in [4.69, 9.17) is 9.26 Å². The topological polar surface area (TPSA) is 96.7 Å². The maximum Gasteiger partial charge on any atom is 0.223 e. The Balaban J connectivity index is 1.55. The molecule has 174 valence electrons. The summed E-state index contributed by atoms with van der Waals surface area (Å²) >= 11 is 0. The molecule has 32 heavy (non-hydrogen) atoms. The highest BCUT2D eigenvalue weighted by Crippen LogP contribution is 2.20. The van der Waals surface area contributed by atoms with Crippen molar-refractivity contribution in [3.8, 4) is 5.75 Å². The van der Waals surface area contributed by atoms with Crippen LogP contribution in [0.5, 0.6) is 5.75 Å². The average molecular weight is 443 g/mol. The number of benzene rings is 1. The van der Waals surface area contributed by atoms with Crippen molar-refractivity contribution in [2.24, 2.45) is 5.92 Å². The molecular formula is C24H34N4O4. The highest BCUT2D eigenvalue weighted by atomic mass is 16.5. The SMILES string of the molecule is COc1ccc(CNC(=O)C2CCCC(NCc3c(C)noc3C)CN(C)C(=O)C2)cc1. The number of hydrogen-bond donors (Lipinski definition) is 2. The number of likely N-dealkylation sites (N-methyl/N-ethyl adjacent to an activating group) is 1. The molecule has 1 aromatic heterocycles. The summed E-state index contributed by atoms with van der Waals surface area (Å²) in [4.78, 5) is 27.3. The zero-order chi connectivity index (χ0) is 23.1. The van der Waals surface area contributed by atoms with Crippen LogP contribution in [0.25, 0.3) is 0 Å². The van der Waals surface area contributed by atoms with Crippen molar-refractivity contribution in [2.75, 3.05) is 20.7 Å². The van der Waals surface area contributed by atoms with Crippen molar-refractivity contribution >= 4 is 11.8 Å². The lowest BCUT2D eigenvalue weighted by atomic mass is 9.96. The van der Waals surface area contributed by atoms with E-state index in [0.717, 1.165) is 41.2 Å². The highest BCUT2D eigenvalue weighted by molar-refractivity contribution is 5.85. The number of nitrogens with zero attached hydrogens (tertiary/aromatic N) is 2. The van der Waals surface area contributed by atoms with Crippen molar-refractivity contribution in [2.45, 2.75) is 58.7 Å². The van der Waals surface area contributed by atoms with Crippen LogP contribution in [-0.4, -0.2) is 48.6 Å². The largest absolute Gasteiger partial charge is 0.497 e. The molecule has 0 spiro atoms. The third kappa shape index (κ3) is 6.32. The summed E-state index contributed by atoms with van der Waals surface area (Å²) < 4.78 is 10.4. The van der Waals surface area contributed by atoms with E-state index in [1.807, 2.05) is 45.2 Å². The molecule has 1 aliphatic rings. The smallest absolute Gasteiger partial charge is 0.223 e. The van der Waals surface area contributed by atoms with Crippen LogP contribution in [0.4, 0.5) is 0 Å². The molecule has 1 aliphatic heterocycles. The van der Waals surface area contributed by atoms with Gasteiger partial charge in [0.1, 0.15) is 11.5 Å². The fraction of sp³-hybridized carbons (Fsp3) is 0.542. The van der Waals surface area contributed by atoms with Gasteiger partial charge < -0.3 is 24.8 Å². The molecule has 0 bridgehead atoms. The molecule has 2 aromatic rings. The van der Waals surface area contributed by atoms with Gasteiger partial charge >= 0.3 is 0 Å². The molecule has 1 fully saturated rings. The van der Waals surface area contributed by atoms with E-state index in [9.17, 15) is 9.59 Å². The molecule has 1 saturated heterocycles. The Morgan fingerprint density at radius 3 is 2.62 bits per heavy atom. The van der Waals surface area contributed by atoms with Crippen LogP contribution in [0, 0.1) is 19.8 Å². The Kier molecular flexibility index (Phi) is 8.27. The van der Waals surface area contributed by atoms with Gasteiger partial charge in [0.25, 0.3) is 0 Å². The van der Waals surface area contributed by atoms with Crippen LogP contribution in [0.1, 0.15) is 48.3 Å². The summed E-state index contributed by atoms with van der Waals surface area (Å²) in [6, 6.07) is 7.75. The third-order valence-electron chi connectivity index (χ3n) is 6.19. The maximum absolute atomic E-state index is 12.8. The lowest BCUT2D eigenvalue weighted by Gasteiger charge is -2.24. The number of aryl methyl sites for hydroxylation is 2. The predicted octanol–water partition coefficient (Wildman–Crippen LogP) is 2.72. The van der Waals surface area contributed by atoms with Gasteiger partial charge in [-0.1, -0.05) is 23.7 Å². The first kappa shape index (κ1) is 23.8. The zero-order valence-electron chi connectivity index (χ0n) is 19.4. The first-order valence-corrected chi connectivity index (χ1v) is 11.2. The summed E-state index contributed by atoms with van der Waals surface area (Å²) in [7, 11) is 3.43. The van der Waals surface area contributed by atoms with Gasteiger partial charge in [0, 0.05) is 50.6 Å². The molecule has 0 aliphatic carbocycles. The molecule has 0 saturated carbocycles. The van der Waals surface area contributed by atoms with Gasteiger partial charge in [-0.3, -0.25) is 9.59 Å². The van der Waals surface area contributed by atoms with Crippen LogP contribution >= 0.6 is 0 Å². The van der Waals surface area contributed by atoms with E-state index < -0.39 is 0 Å². The van der Waals surface area contributed by atoms with Crippen molar-refractivity contribution < 1.29 is 18.8 Å². The molecule has 0 radical (unpaired) electrons. The standard InChI is InChI=1S/C24H34N4O4/c1-16-22(17(2)32-27-16)14-25-20-7-5-6-19(12-23(29)28(3)15-20)24(30)26-13-18-8-10-21(31-4)11-9-18/h8-11,19-20,25H,5-7,12-15H2,1-4H3,(H,26,30). The Hall–Kier alpha value is -2.87. The molecule has 1 aromatic carbocycles. The second kappa shape index (κ2) is 11.1. The van der Waals surface area contributed by atoms with E-state index >= 15 is 0 Å². The minimum Gasteiger partial charge on any atom is -0.497 e. The zero-order valence-corrected chi connectivity index (χ0v) is 19.4. The first-order chi connectivity index (χ1) is 15.4. The van der Waals surface area contributed by atoms with Crippen LogP contribution in [0.3, 0.4) is 0 Å². The summed E-state index contributed by atoms with van der Waals surface area (Å²) in [5, 5.41) is 10.5. The highest BCUT2D eigenvalue weighted by Gasteiger charge is 2.27. The van der Waals surface area contributed by atoms with Crippen LogP contribution < -0.4 is 15.4 Å². The molecule has 3 rings (SSSR count). The summed E-state index contributed by atoms with van der Waals surface area (Å²) in [5.41, 5.74) is 2.94. The average Bonchev–Trinajstić information content (AvgIpc) is 3.14. The maximum atomic E-state index is 12.8. The molecule has 2 amide bonds. The number of nitrogens with one attached hydrogen (secondary N) is 2. The van der Waals surface area contributed by atoms with Gasteiger partial charge in [0.05, 0.1) is 12.8 Å². The van der Waals surface area contributed by atoms with Gasteiger partial charge in [-0.05, 0) is 44.4 Å². The number of hydrogen-bond acceptors (Lipinski definition) is 6. The summed E-state index contributed by atoms with van der Waals surface area (Å²) in [5.74, 6) is 1.22. The molecule has 8 heteroatoms. The van der Waals surface area contributed by atoms with Gasteiger partial charge in [-0.2, -0.15) is 0 Å². The van der Waals surface area contributed by atoms with Crippen molar-refractivity contribution in [3.63, 3.8) is 0 Å². The van der Waals surface area contributed by atoms with Gasteiger partial charge in [0.2, 0.25) is 11.8 Å². The molecular weight excluding hydrogens is 408 g/mol. The quantitative estimate of drug-likeness (QED) is 0.684. The number of methoxy groups -OCH3 is 1. The van der Waals surface area contributed by atoms with E-state index in [1.165, 1.54) is 0 Å². The van der Waals surface area contributed by atoms with E-state index in [0.29, 0.717) is 26.1 Å². The second-order valence-corrected chi connectivity index (χ2v) is 8.55. The number of aromatic nitrogens is 1. The number of carbonyl (C=O) groups is 2. The third-order valence-corrected chi connectivity index (χ3v) is 6.19. The fourth-order valence-corrected chi connectivity index (χ4v) is 4.07. The lowest BCUT2D eigenvalue weighted by molar-refractivity contribution is -0.135. The Morgan fingerprint density at radius 2 is 1.97 bits per heavy atom. The molecule has 2 heterocycles. The van der Waals surface area contributed by atoms with Crippen molar-refractivity contribution in [1.82, 2.24) is 20.7 Å². The van der Waals surface area contributed by atoms with E-state index in [-0.39, 0.29) is 30.2 Å². The number of amides is 2. The van der Waals surface area contributed by atoms with Crippen LogP contribution in [0.2, 0.25) is 0 Å². The first-order valence-electron chi connectivity index (χ1n) is 11.2. The monoisotopic (exact) mass is 442 g/mol. The molecule has 2 unspecified atom stereocenters. The van der Waals surface area contributed by atoms with Gasteiger partial charge in [-0.15, -0.1) is 0 Å². The Bertz CT molecular complexity index is 890. The van der Waals surface area contributed by atoms with Crippen molar-refractivity contribution in [3.05, 3.63) is 46.8 Å². The minimum absolute atomic E-state index is 0.000589. The Labute approximate surface area is 189 Å². The summed E-state index contributed by atoms with van der Waals surface area (Å²) in [6.07, 6.45) is 2.70. The Morgan fingerprint density at radius 1 is 1.22 bits per heavy atom.